The number of likely N-dealkylation sites (N-methyl/N-ethyl adjacent to an activating group) is 1. The Hall–Kier alpha value is -3.24. The van der Waals surface area contributed by atoms with E-state index in [9.17, 15) is 14.9 Å². The van der Waals surface area contributed by atoms with Crippen LogP contribution in [-0.2, 0) is 0 Å². The molecule has 170 valence electrons. The topological polar surface area (TPSA) is 104 Å². The fourth-order valence-electron chi connectivity index (χ4n) is 4.12. The SMILES string of the molecule is CN1CCN(C2CCN(C(=O)Nc3cc(Oc4ccc([N+](=O)[O-])cc4)ccn3)CC2)CC1. The molecule has 2 aliphatic heterocycles. The van der Waals surface area contributed by atoms with Crippen molar-refractivity contribution < 1.29 is 14.5 Å². The first kappa shape index (κ1) is 22.0. The number of hydrogen-bond donors (Lipinski definition) is 1. The molecule has 1 aromatic carbocycles. The van der Waals surface area contributed by atoms with Crippen molar-refractivity contribution in [2.24, 2.45) is 0 Å². The second kappa shape index (κ2) is 9.92. The second-order valence-electron chi connectivity index (χ2n) is 8.22. The molecule has 3 heterocycles. The van der Waals surface area contributed by atoms with Gasteiger partial charge >= 0.3 is 6.03 Å². The molecule has 0 radical (unpaired) electrons. The van der Waals surface area contributed by atoms with E-state index in [0.29, 0.717) is 23.4 Å². The first-order valence-corrected chi connectivity index (χ1v) is 10.8. The number of pyridine rings is 1. The molecule has 2 aliphatic rings. The minimum atomic E-state index is -0.461. The molecule has 10 nitrogen and oxygen atoms in total. The number of piperazine rings is 1. The van der Waals surface area contributed by atoms with Crippen LogP contribution in [-0.4, -0.2) is 83.0 Å². The van der Waals surface area contributed by atoms with E-state index < -0.39 is 4.92 Å². The number of hydrogen-bond acceptors (Lipinski definition) is 7. The molecule has 0 unspecified atom stereocenters. The largest absolute Gasteiger partial charge is 0.457 e. The summed E-state index contributed by atoms with van der Waals surface area (Å²) in [6.45, 7) is 5.84. The average molecular weight is 441 g/mol. The number of ether oxygens (including phenoxy) is 1. The van der Waals surface area contributed by atoms with Crippen molar-refractivity contribution in [1.29, 1.82) is 0 Å². The molecule has 0 saturated carbocycles. The fraction of sp³-hybridized carbons (Fsp3) is 0.455. The minimum Gasteiger partial charge on any atom is -0.457 e. The van der Waals surface area contributed by atoms with Crippen LogP contribution >= 0.6 is 0 Å². The second-order valence-corrected chi connectivity index (χ2v) is 8.22. The van der Waals surface area contributed by atoms with Crippen LogP contribution in [0.2, 0.25) is 0 Å². The Labute approximate surface area is 186 Å². The molecule has 10 heteroatoms. The summed E-state index contributed by atoms with van der Waals surface area (Å²) in [6, 6.07) is 9.50. The molecule has 1 N–H and O–H groups in total. The zero-order valence-corrected chi connectivity index (χ0v) is 18.1. The number of nitro groups is 1. The molecule has 1 aromatic heterocycles. The summed E-state index contributed by atoms with van der Waals surface area (Å²) in [5, 5.41) is 13.6. The van der Waals surface area contributed by atoms with Crippen molar-refractivity contribution in [1.82, 2.24) is 19.7 Å². The number of non-ortho nitro benzene ring substituents is 1. The van der Waals surface area contributed by atoms with Crippen LogP contribution in [0.4, 0.5) is 16.3 Å². The number of nitrogens with one attached hydrogen (secondary N) is 1. The maximum Gasteiger partial charge on any atom is 0.323 e. The number of nitro benzene ring substituents is 1. The third kappa shape index (κ3) is 5.51. The quantitative estimate of drug-likeness (QED) is 0.563. The van der Waals surface area contributed by atoms with E-state index >= 15 is 0 Å². The number of rotatable bonds is 5. The van der Waals surface area contributed by atoms with E-state index in [4.69, 9.17) is 4.74 Å². The van der Waals surface area contributed by atoms with Crippen molar-refractivity contribution in [3.05, 3.63) is 52.7 Å². The number of amides is 2. The van der Waals surface area contributed by atoms with Gasteiger partial charge in [0.1, 0.15) is 17.3 Å². The van der Waals surface area contributed by atoms with Gasteiger partial charge in [0.15, 0.2) is 0 Å². The lowest BCUT2D eigenvalue weighted by molar-refractivity contribution is -0.384. The van der Waals surface area contributed by atoms with Gasteiger partial charge in [-0.25, -0.2) is 9.78 Å². The van der Waals surface area contributed by atoms with E-state index in [1.807, 2.05) is 4.90 Å². The number of urea groups is 1. The van der Waals surface area contributed by atoms with Gasteiger partial charge in [-0.05, 0) is 38.1 Å². The van der Waals surface area contributed by atoms with Gasteiger partial charge in [0.05, 0.1) is 4.92 Å². The number of benzene rings is 1. The first-order chi connectivity index (χ1) is 15.5. The molecule has 4 rings (SSSR count). The van der Waals surface area contributed by atoms with Gasteiger partial charge in [-0.3, -0.25) is 20.3 Å². The van der Waals surface area contributed by atoms with Crippen LogP contribution in [0.3, 0.4) is 0 Å². The van der Waals surface area contributed by atoms with E-state index in [1.54, 1.807) is 18.3 Å². The predicted molar refractivity (Wildman–Crippen MR) is 120 cm³/mol. The monoisotopic (exact) mass is 440 g/mol. The number of carbonyl (C=O) groups is 1. The Morgan fingerprint density at radius 3 is 2.41 bits per heavy atom. The lowest BCUT2D eigenvalue weighted by atomic mass is 10.0. The van der Waals surface area contributed by atoms with Gasteiger partial charge in [0.2, 0.25) is 0 Å². The highest BCUT2D eigenvalue weighted by atomic mass is 16.6. The summed E-state index contributed by atoms with van der Waals surface area (Å²) < 4.78 is 5.73. The fourth-order valence-corrected chi connectivity index (χ4v) is 4.12. The van der Waals surface area contributed by atoms with Gasteiger partial charge in [0.25, 0.3) is 5.69 Å². The lowest BCUT2D eigenvalue weighted by Gasteiger charge is -2.42. The standard InChI is InChI=1S/C22H28N6O4/c1-25-12-14-26(15-13-25)17-7-10-27(11-8-17)22(29)24-21-16-20(6-9-23-21)32-19-4-2-18(3-5-19)28(30)31/h2-6,9,16-17H,7-8,10-15H2,1H3,(H,23,24,29). The van der Waals surface area contributed by atoms with Crippen molar-refractivity contribution >= 4 is 17.5 Å². The summed E-state index contributed by atoms with van der Waals surface area (Å²) >= 11 is 0. The van der Waals surface area contributed by atoms with Crippen LogP contribution in [0.1, 0.15) is 12.8 Å². The van der Waals surface area contributed by atoms with Crippen molar-refractivity contribution in [2.45, 2.75) is 18.9 Å². The number of carbonyl (C=O) groups excluding carboxylic acids is 1. The zero-order chi connectivity index (χ0) is 22.5. The molecule has 2 aromatic rings. The number of nitrogens with zero attached hydrogens (tertiary/aromatic N) is 5. The Bertz CT molecular complexity index is 938. The van der Waals surface area contributed by atoms with Crippen molar-refractivity contribution in [3.8, 4) is 11.5 Å². The lowest BCUT2D eigenvalue weighted by Crippen LogP contribution is -2.53. The van der Waals surface area contributed by atoms with Crippen LogP contribution < -0.4 is 10.1 Å². The smallest absolute Gasteiger partial charge is 0.323 e. The van der Waals surface area contributed by atoms with Gasteiger partial charge in [-0.15, -0.1) is 0 Å². The molecule has 2 fully saturated rings. The van der Waals surface area contributed by atoms with E-state index in [-0.39, 0.29) is 11.7 Å². The van der Waals surface area contributed by atoms with Crippen LogP contribution in [0.15, 0.2) is 42.6 Å². The van der Waals surface area contributed by atoms with Gasteiger partial charge in [-0.1, -0.05) is 0 Å². The molecular weight excluding hydrogens is 412 g/mol. The highest BCUT2D eigenvalue weighted by molar-refractivity contribution is 5.88. The highest BCUT2D eigenvalue weighted by Crippen LogP contribution is 2.25. The van der Waals surface area contributed by atoms with Crippen molar-refractivity contribution in [3.63, 3.8) is 0 Å². The van der Waals surface area contributed by atoms with E-state index in [0.717, 1.165) is 52.1 Å². The third-order valence-electron chi connectivity index (χ3n) is 6.06. The molecule has 0 spiro atoms. The predicted octanol–water partition coefficient (Wildman–Crippen LogP) is 3.03. The molecule has 2 amide bonds. The third-order valence-corrected chi connectivity index (χ3v) is 6.06. The van der Waals surface area contributed by atoms with E-state index in [2.05, 4.69) is 27.1 Å². The van der Waals surface area contributed by atoms with Gasteiger partial charge in [0, 0.05) is 69.7 Å². The summed E-state index contributed by atoms with van der Waals surface area (Å²) in [6.07, 6.45) is 3.51. The Balaban J connectivity index is 1.29. The molecule has 0 aliphatic carbocycles. The summed E-state index contributed by atoms with van der Waals surface area (Å²) in [5.74, 6) is 1.35. The summed E-state index contributed by atoms with van der Waals surface area (Å²) in [5.41, 5.74) is -0.00331. The van der Waals surface area contributed by atoms with Gasteiger partial charge < -0.3 is 14.5 Å². The van der Waals surface area contributed by atoms with E-state index in [1.165, 1.54) is 24.3 Å². The number of aromatic nitrogens is 1. The maximum absolute atomic E-state index is 12.7. The number of piperidine rings is 1. The van der Waals surface area contributed by atoms with Crippen LogP contribution in [0.5, 0.6) is 11.5 Å². The molecular formula is C22H28N6O4. The maximum atomic E-state index is 12.7. The minimum absolute atomic E-state index is 0.00331. The molecule has 2 saturated heterocycles. The Morgan fingerprint density at radius 1 is 1.06 bits per heavy atom. The summed E-state index contributed by atoms with van der Waals surface area (Å²) in [4.78, 5) is 34.0. The molecule has 0 bridgehead atoms. The normalized spacial score (nSPS) is 18.3. The van der Waals surface area contributed by atoms with Crippen LogP contribution in [0, 0.1) is 10.1 Å². The van der Waals surface area contributed by atoms with Crippen molar-refractivity contribution in [2.75, 3.05) is 51.6 Å². The molecule has 32 heavy (non-hydrogen) atoms. The van der Waals surface area contributed by atoms with Gasteiger partial charge in [-0.2, -0.15) is 0 Å². The van der Waals surface area contributed by atoms with Crippen LogP contribution in [0.25, 0.3) is 0 Å². The first-order valence-electron chi connectivity index (χ1n) is 10.8. The average Bonchev–Trinajstić information content (AvgIpc) is 2.80. The molecule has 0 atom stereocenters. The summed E-state index contributed by atoms with van der Waals surface area (Å²) in [7, 11) is 2.16. The highest BCUT2D eigenvalue weighted by Gasteiger charge is 2.28. The zero-order valence-electron chi connectivity index (χ0n) is 18.1. The number of anilines is 1. The Kier molecular flexibility index (Phi) is 6.81. The number of likely N-dealkylation sites (tertiary alicyclic amines) is 1. The Morgan fingerprint density at radius 2 is 1.75 bits per heavy atom.